The van der Waals surface area contributed by atoms with E-state index in [4.69, 9.17) is 14.9 Å². The molecule has 1 aromatic rings. The molecule has 1 atom stereocenters. The number of benzene rings is 1. The number of aliphatic hydroxyl groups is 2. The van der Waals surface area contributed by atoms with E-state index in [0.717, 1.165) is 6.92 Å². The van der Waals surface area contributed by atoms with Gasteiger partial charge in [0.05, 0.1) is 11.1 Å². The van der Waals surface area contributed by atoms with Crippen LogP contribution in [0.1, 0.15) is 46.9 Å². The maximum atomic E-state index is 12.2. The Morgan fingerprint density at radius 1 is 1.00 bits per heavy atom. The lowest BCUT2D eigenvalue weighted by atomic mass is 10.1. The lowest BCUT2D eigenvalue weighted by molar-refractivity contribution is -0.135. The van der Waals surface area contributed by atoms with Crippen LogP contribution >= 0.6 is 0 Å². The van der Waals surface area contributed by atoms with Crippen molar-refractivity contribution in [3.63, 3.8) is 0 Å². The molecule has 0 saturated heterocycles. The van der Waals surface area contributed by atoms with Crippen molar-refractivity contribution in [3.05, 3.63) is 35.4 Å². The molecular formula is C16H20O7. The molecule has 7 nitrogen and oxygen atoms in total. The second kappa shape index (κ2) is 9.70. The smallest absolute Gasteiger partial charge is 0.346 e. The zero-order valence-corrected chi connectivity index (χ0v) is 12.9. The third-order valence-electron chi connectivity index (χ3n) is 3.01. The van der Waals surface area contributed by atoms with E-state index in [9.17, 15) is 14.4 Å². The van der Waals surface area contributed by atoms with E-state index in [1.165, 1.54) is 18.2 Å². The van der Waals surface area contributed by atoms with Crippen LogP contribution in [0.2, 0.25) is 0 Å². The van der Waals surface area contributed by atoms with Crippen molar-refractivity contribution in [3.8, 4) is 0 Å². The van der Waals surface area contributed by atoms with Crippen molar-refractivity contribution in [2.75, 3.05) is 13.2 Å². The van der Waals surface area contributed by atoms with Crippen LogP contribution in [0, 0.1) is 0 Å². The fraction of sp³-hybridized carbons (Fsp3) is 0.438. The van der Waals surface area contributed by atoms with Crippen LogP contribution in [-0.4, -0.2) is 47.4 Å². The predicted molar refractivity (Wildman–Crippen MR) is 79.8 cm³/mol. The monoisotopic (exact) mass is 324 g/mol. The molecule has 0 saturated carbocycles. The predicted octanol–water partition coefficient (Wildman–Crippen LogP) is 1.07. The van der Waals surface area contributed by atoms with E-state index in [1.54, 1.807) is 6.07 Å². The van der Waals surface area contributed by atoms with Crippen molar-refractivity contribution in [2.45, 2.75) is 32.3 Å². The standard InChI is InChI=1S/C16H20O7/c1-11(19)22-15(20)13-6-2-3-7-14(13)16(21)23-12(8-10-18)5-4-9-17/h2-3,6-7,12,17-18H,4-5,8-10H2,1H3. The van der Waals surface area contributed by atoms with Crippen LogP contribution in [0.15, 0.2) is 24.3 Å². The lowest BCUT2D eigenvalue weighted by Crippen LogP contribution is -2.22. The van der Waals surface area contributed by atoms with Gasteiger partial charge in [-0.25, -0.2) is 9.59 Å². The molecule has 23 heavy (non-hydrogen) atoms. The molecule has 0 bridgehead atoms. The van der Waals surface area contributed by atoms with E-state index < -0.39 is 24.0 Å². The van der Waals surface area contributed by atoms with E-state index in [0.29, 0.717) is 12.8 Å². The fourth-order valence-electron chi connectivity index (χ4n) is 1.96. The minimum absolute atomic E-state index is 0.0225. The molecule has 0 aliphatic carbocycles. The number of esters is 3. The minimum atomic E-state index is -0.931. The molecule has 126 valence electrons. The summed E-state index contributed by atoms with van der Waals surface area (Å²) in [5, 5.41) is 17.8. The van der Waals surface area contributed by atoms with Crippen LogP contribution in [0.5, 0.6) is 0 Å². The largest absolute Gasteiger partial charge is 0.459 e. The number of hydrogen-bond acceptors (Lipinski definition) is 7. The Hall–Kier alpha value is -2.25. The molecule has 1 unspecified atom stereocenters. The van der Waals surface area contributed by atoms with E-state index in [1.807, 2.05) is 0 Å². The summed E-state index contributed by atoms with van der Waals surface area (Å²) in [6, 6.07) is 5.83. The highest BCUT2D eigenvalue weighted by molar-refractivity contribution is 6.05. The van der Waals surface area contributed by atoms with Crippen LogP contribution < -0.4 is 0 Å². The van der Waals surface area contributed by atoms with E-state index in [2.05, 4.69) is 4.74 Å². The maximum Gasteiger partial charge on any atom is 0.346 e. The van der Waals surface area contributed by atoms with Gasteiger partial charge in [0.25, 0.3) is 0 Å². The summed E-state index contributed by atoms with van der Waals surface area (Å²) in [7, 11) is 0. The third-order valence-corrected chi connectivity index (χ3v) is 3.01. The van der Waals surface area contributed by atoms with Crippen molar-refractivity contribution in [1.82, 2.24) is 0 Å². The molecule has 1 aromatic carbocycles. The molecule has 0 fully saturated rings. The Kier molecular flexibility index (Phi) is 7.93. The Balaban J connectivity index is 2.89. The van der Waals surface area contributed by atoms with Crippen molar-refractivity contribution >= 4 is 17.9 Å². The topological polar surface area (TPSA) is 110 Å². The molecule has 1 rings (SSSR count). The summed E-state index contributed by atoms with van der Waals surface area (Å²) in [6.45, 7) is 0.864. The van der Waals surface area contributed by atoms with Gasteiger partial charge in [0.1, 0.15) is 6.10 Å². The number of rotatable bonds is 8. The molecule has 0 heterocycles. The molecule has 0 amide bonds. The molecule has 0 aromatic heterocycles. The first-order chi connectivity index (χ1) is 11.0. The minimum Gasteiger partial charge on any atom is -0.459 e. The van der Waals surface area contributed by atoms with Crippen LogP contribution in [0.4, 0.5) is 0 Å². The molecular weight excluding hydrogens is 304 g/mol. The quantitative estimate of drug-likeness (QED) is 0.543. The highest BCUT2D eigenvalue weighted by Gasteiger charge is 2.22. The van der Waals surface area contributed by atoms with E-state index in [-0.39, 0.29) is 30.8 Å². The SMILES string of the molecule is CC(=O)OC(=O)c1ccccc1C(=O)OC(CCO)CCCO. The summed E-state index contributed by atoms with van der Waals surface area (Å²) in [6.07, 6.45) is 0.470. The van der Waals surface area contributed by atoms with Gasteiger partial charge in [-0.2, -0.15) is 0 Å². The Bertz CT molecular complexity index is 553. The molecule has 0 aliphatic rings. The van der Waals surface area contributed by atoms with Crippen LogP contribution in [0.25, 0.3) is 0 Å². The van der Waals surface area contributed by atoms with Crippen molar-refractivity contribution in [1.29, 1.82) is 0 Å². The Morgan fingerprint density at radius 3 is 2.13 bits per heavy atom. The zero-order valence-electron chi connectivity index (χ0n) is 12.9. The highest BCUT2D eigenvalue weighted by atomic mass is 16.6. The van der Waals surface area contributed by atoms with Gasteiger partial charge in [-0.05, 0) is 25.0 Å². The van der Waals surface area contributed by atoms with Crippen LogP contribution in [-0.2, 0) is 14.3 Å². The molecule has 7 heteroatoms. The maximum absolute atomic E-state index is 12.2. The summed E-state index contributed by atoms with van der Waals surface area (Å²) in [5.74, 6) is -2.46. The van der Waals surface area contributed by atoms with Gasteiger partial charge in [0.2, 0.25) is 0 Å². The van der Waals surface area contributed by atoms with Gasteiger partial charge in [0.15, 0.2) is 0 Å². The highest BCUT2D eigenvalue weighted by Crippen LogP contribution is 2.15. The fourth-order valence-corrected chi connectivity index (χ4v) is 1.96. The Labute approximate surface area is 133 Å². The summed E-state index contributed by atoms with van der Waals surface area (Å²) < 4.78 is 9.76. The van der Waals surface area contributed by atoms with Crippen molar-refractivity contribution in [2.24, 2.45) is 0 Å². The lowest BCUT2D eigenvalue weighted by Gasteiger charge is -2.17. The number of carbonyl (C=O) groups excluding carboxylic acids is 3. The van der Waals surface area contributed by atoms with Gasteiger partial charge >= 0.3 is 17.9 Å². The zero-order chi connectivity index (χ0) is 17.2. The number of ether oxygens (including phenoxy) is 2. The molecule has 0 radical (unpaired) electrons. The third kappa shape index (κ3) is 6.17. The average molecular weight is 324 g/mol. The van der Waals surface area contributed by atoms with Gasteiger partial charge in [-0.15, -0.1) is 0 Å². The van der Waals surface area contributed by atoms with Gasteiger partial charge < -0.3 is 19.7 Å². The first kappa shape index (κ1) is 18.8. The van der Waals surface area contributed by atoms with Gasteiger partial charge in [-0.3, -0.25) is 4.79 Å². The average Bonchev–Trinajstić information content (AvgIpc) is 2.52. The van der Waals surface area contributed by atoms with Crippen LogP contribution in [0.3, 0.4) is 0 Å². The first-order valence-corrected chi connectivity index (χ1v) is 7.24. The molecule has 2 N–H and O–H groups in total. The Morgan fingerprint density at radius 2 is 1.61 bits per heavy atom. The summed E-state index contributed by atoms with van der Waals surface area (Å²) in [4.78, 5) is 35.0. The number of aliphatic hydroxyl groups excluding tert-OH is 2. The number of hydrogen-bond donors (Lipinski definition) is 2. The summed E-state index contributed by atoms with van der Waals surface area (Å²) in [5.41, 5.74) is -0.0942. The first-order valence-electron chi connectivity index (χ1n) is 7.24. The second-order valence-corrected chi connectivity index (χ2v) is 4.83. The number of carbonyl (C=O) groups is 3. The molecule has 0 spiro atoms. The molecule has 0 aliphatic heterocycles. The normalized spacial score (nSPS) is 11.6. The van der Waals surface area contributed by atoms with E-state index >= 15 is 0 Å². The van der Waals surface area contributed by atoms with Gasteiger partial charge in [-0.1, -0.05) is 12.1 Å². The van der Waals surface area contributed by atoms with Gasteiger partial charge in [0, 0.05) is 26.6 Å². The second-order valence-electron chi connectivity index (χ2n) is 4.83. The van der Waals surface area contributed by atoms with Crippen molar-refractivity contribution < 1.29 is 34.1 Å². The summed E-state index contributed by atoms with van der Waals surface area (Å²) >= 11 is 0.